The maximum absolute atomic E-state index is 8.41. The fraction of sp³-hybridized carbons (Fsp3) is 0.545. The quantitative estimate of drug-likeness (QED) is 0.549. The van der Waals surface area contributed by atoms with E-state index in [2.05, 4.69) is 12.4 Å². The zero-order chi connectivity index (χ0) is 11.8. The van der Waals surface area contributed by atoms with Crippen molar-refractivity contribution in [2.75, 3.05) is 33.4 Å². The SMILES string of the molecule is C[NH+]1CCOCC1.N#CC1=C([S-])NC=CC1. The highest BCUT2D eigenvalue weighted by molar-refractivity contribution is 7.63. The van der Waals surface area contributed by atoms with Gasteiger partial charge in [0, 0.05) is 12.0 Å². The van der Waals surface area contributed by atoms with Crippen molar-refractivity contribution in [2.24, 2.45) is 0 Å². The number of hydrogen-bond donors (Lipinski definition) is 2. The third-order valence-electron chi connectivity index (χ3n) is 2.41. The second-order valence-electron chi connectivity index (χ2n) is 3.74. The lowest BCUT2D eigenvalue weighted by molar-refractivity contribution is -0.888. The topological polar surface area (TPSA) is 49.5 Å². The Morgan fingerprint density at radius 2 is 2.19 bits per heavy atom. The minimum absolute atomic E-state index is 0.556. The van der Waals surface area contributed by atoms with Gasteiger partial charge in [-0.3, -0.25) is 0 Å². The lowest BCUT2D eigenvalue weighted by Gasteiger charge is -2.18. The molecule has 0 aromatic rings. The molecule has 0 radical (unpaired) electrons. The van der Waals surface area contributed by atoms with Crippen LogP contribution in [-0.4, -0.2) is 33.4 Å². The number of nitrogens with one attached hydrogen (secondary N) is 2. The summed E-state index contributed by atoms with van der Waals surface area (Å²) in [4.78, 5) is 1.59. The summed E-state index contributed by atoms with van der Waals surface area (Å²) in [5.41, 5.74) is 0.646. The Morgan fingerprint density at radius 1 is 1.50 bits per heavy atom. The fourth-order valence-corrected chi connectivity index (χ4v) is 1.50. The van der Waals surface area contributed by atoms with E-state index in [1.54, 1.807) is 11.1 Å². The van der Waals surface area contributed by atoms with Crippen LogP contribution in [-0.2, 0) is 17.4 Å². The number of rotatable bonds is 0. The molecule has 2 N–H and O–H groups in total. The van der Waals surface area contributed by atoms with Crippen LogP contribution in [0.4, 0.5) is 0 Å². The van der Waals surface area contributed by atoms with Crippen molar-refractivity contribution in [2.45, 2.75) is 6.42 Å². The van der Waals surface area contributed by atoms with Crippen molar-refractivity contribution in [3.8, 4) is 6.07 Å². The lowest BCUT2D eigenvalue weighted by Crippen LogP contribution is -3.11. The van der Waals surface area contributed by atoms with Crippen LogP contribution in [0.2, 0.25) is 0 Å². The summed E-state index contributed by atoms with van der Waals surface area (Å²) in [6, 6.07) is 2.02. The third-order valence-corrected chi connectivity index (χ3v) is 2.77. The molecule has 4 nitrogen and oxygen atoms in total. The van der Waals surface area contributed by atoms with Crippen LogP contribution in [0.15, 0.2) is 22.9 Å². The monoisotopic (exact) mass is 239 g/mol. The molecule has 0 bridgehead atoms. The van der Waals surface area contributed by atoms with Gasteiger partial charge < -0.3 is 27.6 Å². The molecule has 16 heavy (non-hydrogen) atoms. The number of dihydropyridines is 1. The highest BCUT2D eigenvalue weighted by Gasteiger charge is 2.05. The van der Waals surface area contributed by atoms with Gasteiger partial charge in [0.15, 0.2) is 0 Å². The zero-order valence-electron chi connectivity index (χ0n) is 9.45. The standard InChI is InChI=1S/C6H6N2S.C5H11NO/c7-4-5-2-1-3-8-6(5)9;1-6-2-4-7-5-3-6/h1,3,8-9H,2H2;2-5H2,1H3. The maximum atomic E-state index is 8.41. The van der Waals surface area contributed by atoms with Gasteiger partial charge in [0.05, 0.1) is 26.3 Å². The number of ether oxygens (including phenoxy) is 1. The van der Waals surface area contributed by atoms with Crippen LogP contribution >= 0.6 is 0 Å². The van der Waals surface area contributed by atoms with Crippen molar-refractivity contribution in [3.05, 3.63) is 22.9 Å². The normalized spacial score (nSPS) is 20.5. The van der Waals surface area contributed by atoms with E-state index in [1.807, 2.05) is 12.1 Å². The van der Waals surface area contributed by atoms with Gasteiger partial charge in [-0.05, 0) is 6.20 Å². The molecule has 2 aliphatic heterocycles. The Balaban J connectivity index is 0.000000165. The molecular weight excluding hydrogens is 222 g/mol. The van der Waals surface area contributed by atoms with Crippen molar-refractivity contribution in [3.63, 3.8) is 0 Å². The van der Waals surface area contributed by atoms with Crippen molar-refractivity contribution >= 4 is 12.6 Å². The van der Waals surface area contributed by atoms with E-state index in [0.717, 1.165) is 13.2 Å². The van der Waals surface area contributed by atoms with Crippen LogP contribution < -0.4 is 10.2 Å². The third kappa shape index (κ3) is 4.62. The minimum Gasteiger partial charge on any atom is -0.761 e. The van der Waals surface area contributed by atoms with Crippen molar-refractivity contribution in [1.29, 1.82) is 5.26 Å². The molecule has 1 saturated heterocycles. The van der Waals surface area contributed by atoms with Gasteiger partial charge in [-0.25, -0.2) is 0 Å². The summed E-state index contributed by atoms with van der Waals surface area (Å²) >= 11 is 4.80. The van der Waals surface area contributed by atoms with E-state index < -0.39 is 0 Å². The fourth-order valence-electron chi connectivity index (χ4n) is 1.31. The molecule has 5 heteroatoms. The smallest absolute Gasteiger partial charge is 0.101 e. The number of nitrogens with zero attached hydrogens (tertiary/aromatic N) is 1. The van der Waals surface area contributed by atoms with Gasteiger partial charge in [-0.1, -0.05) is 11.1 Å². The Kier molecular flexibility index (Phi) is 5.86. The first kappa shape index (κ1) is 13.0. The summed E-state index contributed by atoms with van der Waals surface area (Å²) in [5, 5.41) is 11.7. The van der Waals surface area contributed by atoms with E-state index in [1.165, 1.54) is 13.1 Å². The second-order valence-corrected chi connectivity index (χ2v) is 4.15. The predicted octanol–water partition coefficient (Wildman–Crippen LogP) is -0.693. The molecule has 2 rings (SSSR count). The molecule has 2 aliphatic rings. The van der Waals surface area contributed by atoms with Gasteiger partial charge in [0.2, 0.25) is 0 Å². The molecule has 88 valence electrons. The highest BCUT2D eigenvalue weighted by Crippen LogP contribution is 2.08. The van der Waals surface area contributed by atoms with Crippen LogP contribution in [0.25, 0.3) is 0 Å². The maximum Gasteiger partial charge on any atom is 0.101 e. The Bertz CT molecular complexity index is 314. The molecule has 0 amide bonds. The molecule has 0 aliphatic carbocycles. The largest absolute Gasteiger partial charge is 0.761 e. The number of quaternary nitrogens is 1. The second kappa shape index (κ2) is 7.23. The van der Waals surface area contributed by atoms with Crippen LogP contribution in [0, 0.1) is 11.3 Å². The predicted molar refractivity (Wildman–Crippen MR) is 64.3 cm³/mol. The van der Waals surface area contributed by atoms with E-state index in [0.29, 0.717) is 17.0 Å². The molecule has 0 unspecified atom stereocenters. The van der Waals surface area contributed by atoms with E-state index in [-0.39, 0.29) is 0 Å². The molecule has 0 spiro atoms. The summed E-state index contributed by atoms with van der Waals surface area (Å²) in [6.07, 6.45) is 4.29. The average Bonchev–Trinajstić information content (AvgIpc) is 2.31. The molecule has 1 fully saturated rings. The Labute approximate surface area is 102 Å². The van der Waals surface area contributed by atoms with E-state index >= 15 is 0 Å². The highest BCUT2D eigenvalue weighted by atomic mass is 32.1. The molecule has 2 heterocycles. The first-order valence-corrected chi connectivity index (χ1v) is 5.75. The van der Waals surface area contributed by atoms with E-state index in [4.69, 9.17) is 22.6 Å². The molecular formula is C11H17N3OS. The first-order chi connectivity index (χ1) is 7.74. The summed E-state index contributed by atoms with van der Waals surface area (Å²) in [7, 11) is 2.20. The van der Waals surface area contributed by atoms with Crippen molar-refractivity contribution < 1.29 is 9.64 Å². The summed E-state index contributed by atoms with van der Waals surface area (Å²) < 4.78 is 5.12. The van der Waals surface area contributed by atoms with Gasteiger partial charge in [-0.15, -0.1) is 0 Å². The van der Waals surface area contributed by atoms with Gasteiger partial charge in [-0.2, -0.15) is 5.26 Å². The Hall–Kier alpha value is -1.09. The number of hydrogen-bond acceptors (Lipinski definition) is 4. The number of likely N-dealkylation sites (N-methyl/N-ethyl adjacent to an activating group) is 1. The number of allylic oxidation sites excluding steroid dienone is 2. The van der Waals surface area contributed by atoms with Crippen LogP contribution in [0.3, 0.4) is 0 Å². The van der Waals surface area contributed by atoms with Crippen molar-refractivity contribution in [1.82, 2.24) is 5.32 Å². The van der Waals surface area contributed by atoms with E-state index in [9.17, 15) is 0 Å². The molecule has 0 atom stereocenters. The summed E-state index contributed by atoms with van der Waals surface area (Å²) in [5.74, 6) is 0. The average molecular weight is 239 g/mol. The lowest BCUT2D eigenvalue weighted by atomic mass is 10.2. The Morgan fingerprint density at radius 3 is 2.56 bits per heavy atom. The number of nitriles is 1. The number of morpholine rings is 1. The summed E-state index contributed by atoms with van der Waals surface area (Å²) in [6.45, 7) is 4.26. The first-order valence-electron chi connectivity index (χ1n) is 5.35. The molecule has 0 saturated carbocycles. The molecule has 0 aromatic heterocycles. The van der Waals surface area contributed by atoms with Gasteiger partial charge >= 0.3 is 0 Å². The molecule has 0 aromatic carbocycles. The minimum atomic E-state index is 0.556. The van der Waals surface area contributed by atoms with Gasteiger partial charge in [0.25, 0.3) is 0 Å². The zero-order valence-corrected chi connectivity index (χ0v) is 10.3. The van der Waals surface area contributed by atoms with Crippen LogP contribution in [0.5, 0.6) is 0 Å². The van der Waals surface area contributed by atoms with Gasteiger partial charge in [0.1, 0.15) is 13.1 Å². The van der Waals surface area contributed by atoms with Crippen LogP contribution in [0.1, 0.15) is 6.42 Å².